The molecule has 0 saturated heterocycles. The van der Waals surface area contributed by atoms with E-state index in [1.54, 1.807) is 12.4 Å². The highest BCUT2D eigenvalue weighted by molar-refractivity contribution is 7.98. The van der Waals surface area contributed by atoms with Gasteiger partial charge in [0.25, 0.3) is 0 Å². The van der Waals surface area contributed by atoms with Gasteiger partial charge in [-0.3, -0.25) is 0 Å². The summed E-state index contributed by atoms with van der Waals surface area (Å²) in [7, 11) is 0. The van der Waals surface area contributed by atoms with E-state index in [0.29, 0.717) is 6.61 Å². The van der Waals surface area contributed by atoms with Crippen molar-refractivity contribution in [1.29, 1.82) is 0 Å². The Morgan fingerprint density at radius 1 is 1.42 bits per heavy atom. The summed E-state index contributed by atoms with van der Waals surface area (Å²) in [5.41, 5.74) is 1.02. The molecule has 0 fully saturated rings. The Hall–Kier alpha value is -0.610. The normalized spacial score (nSPS) is 10.2. The van der Waals surface area contributed by atoms with Gasteiger partial charge in [-0.25, -0.2) is 9.97 Å². The molecule has 1 heterocycles. The minimum Gasteiger partial charge on any atom is -0.377 e. The van der Waals surface area contributed by atoms with Gasteiger partial charge in [0.15, 0.2) is 5.16 Å². The van der Waals surface area contributed by atoms with Gasteiger partial charge in [0.2, 0.25) is 0 Å². The van der Waals surface area contributed by atoms with Crippen LogP contribution in [0.3, 0.4) is 0 Å². The van der Waals surface area contributed by atoms with Crippen molar-refractivity contribution in [1.82, 2.24) is 9.97 Å². The Morgan fingerprint density at radius 2 is 2.08 bits per heavy atom. The predicted octanol–water partition coefficient (Wildman–Crippen LogP) is 1.73. The molecule has 0 aliphatic rings. The van der Waals surface area contributed by atoms with E-state index in [-0.39, 0.29) is 0 Å². The predicted molar refractivity (Wildman–Crippen MR) is 49.1 cm³/mol. The van der Waals surface area contributed by atoms with Crippen molar-refractivity contribution in [2.75, 3.05) is 12.9 Å². The van der Waals surface area contributed by atoms with E-state index in [4.69, 9.17) is 4.74 Å². The highest BCUT2D eigenvalue weighted by Gasteiger charge is 1.95. The van der Waals surface area contributed by atoms with Crippen LogP contribution in [-0.2, 0) is 11.3 Å². The van der Waals surface area contributed by atoms with E-state index in [0.717, 1.165) is 17.3 Å². The van der Waals surface area contributed by atoms with E-state index in [2.05, 4.69) is 9.97 Å². The third kappa shape index (κ3) is 2.79. The lowest BCUT2D eigenvalue weighted by molar-refractivity contribution is 0.133. The van der Waals surface area contributed by atoms with Crippen molar-refractivity contribution in [3.63, 3.8) is 0 Å². The van der Waals surface area contributed by atoms with Crippen molar-refractivity contribution in [3.8, 4) is 0 Å². The van der Waals surface area contributed by atoms with Crippen LogP contribution in [0.2, 0.25) is 0 Å². The van der Waals surface area contributed by atoms with Gasteiger partial charge in [-0.1, -0.05) is 11.8 Å². The first-order valence-corrected chi connectivity index (χ1v) is 5.02. The summed E-state index contributed by atoms with van der Waals surface area (Å²) in [6.45, 7) is 3.30. The molecule has 4 heteroatoms. The van der Waals surface area contributed by atoms with Crippen LogP contribution in [0.15, 0.2) is 17.6 Å². The topological polar surface area (TPSA) is 35.0 Å². The Bertz CT molecular complexity index is 225. The molecule has 0 atom stereocenters. The van der Waals surface area contributed by atoms with Crippen molar-refractivity contribution >= 4 is 11.8 Å². The standard InChI is InChI=1S/C8H12N2OS/c1-3-11-6-7-4-9-8(12-2)10-5-7/h4-5H,3,6H2,1-2H3. The third-order valence-corrected chi connectivity index (χ3v) is 1.91. The molecular formula is C8H12N2OS. The lowest BCUT2D eigenvalue weighted by Gasteiger charge is -2.00. The summed E-state index contributed by atoms with van der Waals surface area (Å²) < 4.78 is 5.21. The number of rotatable bonds is 4. The van der Waals surface area contributed by atoms with Crippen LogP contribution in [-0.4, -0.2) is 22.8 Å². The summed E-state index contributed by atoms with van der Waals surface area (Å²) in [4.78, 5) is 8.24. The van der Waals surface area contributed by atoms with E-state index in [1.807, 2.05) is 13.2 Å². The number of hydrogen-bond donors (Lipinski definition) is 0. The number of ether oxygens (including phenoxy) is 1. The molecule has 0 N–H and O–H groups in total. The highest BCUT2D eigenvalue weighted by Crippen LogP contribution is 2.07. The highest BCUT2D eigenvalue weighted by atomic mass is 32.2. The van der Waals surface area contributed by atoms with Crippen molar-refractivity contribution < 1.29 is 4.74 Å². The molecule has 12 heavy (non-hydrogen) atoms. The molecule has 0 spiro atoms. The first-order valence-electron chi connectivity index (χ1n) is 3.79. The molecule has 0 amide bonds. The average molecular weight is 184 g/mol. The SMILES string of the molecule is CCOCc1cnc(SC)nc1. The molecule has 0 radical (unpaired) electrons. The molecule has 3 nitrogen and oxygen atoms in total. The number of aromatic nitrogens is 2. The fourth-order valence-corrected chi connectivity index (χ4v) is 1.06. The maximum absolute atomic E-state index is 5.21. The first-order chi connectivity index (χ1) is 5.86. The summed E-state index contributed by atoms with van der Waals surface area (Å²) in [6, 6.07) is 0. The molecule has 66 valence electrons. The van der Waals surface area contributed by atoms with Gasteiger partial charge in [0.05, 0.1) is 6.61 Å². The molecule has 0 aromatic carbocycles. The molecule has 0 aliphatic carbocycles. The van der Waals surface area contributed by atoms with E-state index >= 15 is 0 Å². The zero-order chi connectivity index (χ0) is 8.81. The van der Waals surface area contributed by atoms with Gasteiger partial charge >= 0.3 is 0 Å². The molecule has 0 aliphatic heterocycles. The smallest absolute Gasteiger partial charge is 0.187 e. The number of thioether (sulfide) groups is 1. The fraction of sp³-hybridized carbons (Fsp3) is 0.500. The summed E-state index contributed by atoms with van der Waals surface area (Å²) >= 11 is 1.54. The molecule has 1 aromatic rings. The summed E-state index contributed by atoms with van der Waals surface area (Å²) in [5.74, 6) is 0. The van der Waals surface area contributed by atoms with Crippen molar-refractivity contribution in [2.45, 2.75) is 18.7 Å². The Balaban J connectivity index is 2.53. The zero-order valence-corrected chi connectivity index (χ0v) is 8.10. The minimum absolute atomic E-state index is 0.602. The molecule has 0 saturated carbocycles. The maximum Gasteiger partial charge on any atom is 0.187 e. The van der Waals surface area contributed by atoms with Crippen molar-refractivity contribution in [3.05, 3.63) is 18.0 Å². The monoisotopic (exact) mass is 184 g/mol. The van der Waals surface area contributed by atoms with Crippen LogP contribution in [0, 0.1) is 0 Å². The summed E-state index contributed by atoms with van der Waals surface area (Å²) in [5, 5.41) is 0.801. The van der Waals surface area contributed by atoms with E-state index in [1.165, 1.54) is 11.8 Å². The Labute approximate surface area is 76.6 Å². The van der Waals surface area contributed by atoms with Gasteiger partial charge in [0.1, 0.15) is 0 Å². The second kappa shape index (κ2) is 5.11. The lowest BCUT2D eigenvalue weighted by Crippen LogP contribution is -1.94. The first kappa shape index (κ1) is 9.48. The van der Waals surface area contributed by atoms with Crippen LogP contribution >= 0.6 is 11.8 Å². The molecule has 0 bridgehead atoms. The zero-order valence-electron chi connectivity index (χ0n) is 7.28. The Morgan fingerprint density at radius 3 is 2.58 bits per heavy atom. The number of nitrogens with zero attached hydrogens (tertiary/aromatic N) is 2. The molecular weight excluding hydrogens is 172 g/mol. The lowest BCUT2D eigenvalue weighted by atomic mass is 10.4. The number of hydrogen-bond acceptors (Lipinski definition) is 4. The van der Waals surface area contributed by atoms with Gasteiger partial charge < -0.3 is 4.74 Å². The fourth-order valence-electron chi connectivity index (χ4n) is 0.743. The van der Waals surface area contributed by atoms with Gasteiger partial charge in [-0.2, -0.15) is 0 Å². The van der Waals surface area contributed by atoms with E-state index in [9.17, 15) is 0 Å². The van der Waals surface area contributed by atoms with Crippen LogP contribution in [0.25, 0.3) is 0 Å². The minimum atomic E-state index is 0.602. The molecule has 1 rings (SSSR count). The maximum atomic E-state index is 5.21. The third-order valence-electron chi connectivity index (χ3n) is 1.34. The largest absolute Gasteiger partial charge is 0.377 e. The Kier molecular flexibility index (Phi) is 4.04. The molecule has 0 unspecified atom stereocenters. The van der Waals surface area contributed by atoms with Crippen LogP contribution in [0.1, 0.15) is 12.5 Å². The summed E-state index contributed by atoms with van der Waals surface area (Å²) in [6.07, 6.45) is 5.56. The van der Waals surface area contributed by atoms with Gasteiger partial charge in [-0.05, 0) is 13.2 Å². The second-order valence-electron chi connectivity index (χ2n) is 2.22. The van der Waals surface area contributed by atoms with E-state index < -0.39 is 0 Å². The quantitative estimate of drug-likeness (QED) is 0.527. The van der Waals surface area contributed by atoms with Crippen LogP contribution in [0.5, 0.6) is 0 Å². The van der Waals surface area contributed by atoms with Gasteiger partial charge in [0, 0.05) is 24.6 Å². The van der Waals surface area contributed by atoms with Crippen molar-refractivity contribution in [2.24, 2.45) is 0 Å². The average Bonchev–Trinajstić information content (AvgIpc) is 2.15. The second-order valence-corrected chi connectivity index (χ2v) is 2.99. The van der Waals surface area contributed by atoms with Crippen LogP contribution < -0.4 is 0 Å². The van der Waals surface area contributed by atoms with Crippen LogP contribution in [0.4, 0.5) is 0 Å². The molecule has 1 aromatic heterocycles. The van der Waals surface area contributed by atoms with Gasteiger partial charge in [-0.15, -0.1) is 0 Å².